The van der Waals surface area contributed by atoms with Crippen LogP contribution in [-0.4, -0.2) is 50.9 Å². The number of ether oxygens (including phenoxy) is 1. The van der Waals surface area contributed by atoms with Crippen molar-refractivity contribution in [2.75, 3.05) is 18.0 Å². The van der Waals surface area contributed by atoms with Crippen molar-refractivity contribution in [1.82, 2.24) is 10.2 Å². The minimum absolute atomic E-state index is 0.0418. The fourth-order valence-corrected chi connectivity index (χ4v) is 6.21. The smallest absolute Gasteiger partial charge is 0.264 e. The lowest BCUT2D eigenvalue weighted by Crippen LogP contribution is -2.53. The first-order chi connectivity index (χ1) is 19.9. The van der Waals surface area contributed by atoms with E-state index in [0.29, 0.717) is 32.8 Å². The number of carbonyl (C=O) groups is 2. The molecule has 2 atom stereocenters. The molecule has 226 valence electrons. The van der Waals surface area contributed by atoms with Crippen molar-refractivity contribution in [3.05, 3.63) is 87.4 Å². The standard InChI is InChI=1S/C30H34Cl3N3O5S/c1-5-20(3)34-30(38)28(6-2)35(18-21-7-8-23(32)17-27(21)33)29(37)19-36(24-11-9-22(31)10-12-24)42(39,40)26-15-13-25(41-4)14-16-26/h7-17,20,28H,5-6,18-19H2,1-4H3,(H,34,38)/t20-,28+/m1/s1. The number of halogens is 3. The molecule has 3 aromatic carbocycles. The van der Waals surface area contributed by atoms with Gasteiger partial charge < -0.3 is 15.0 Å². The largest absolute Gasteiger partial charge is 0.497 e. The van der Waals surface area contributed by atoms with Gasteiger partial charge in [-0.25, -0.2) is 8.42 Å². The van der Waals surface area contributed by atoms with Gasteiger partial charge >= 0.3 is 0 Å². The third-order valence-corrected chi connectivity index (χ3v) is 9.41. The van der Waals surface area contributed by atoms with E-state index in [0.717, 1.165) is 4.31 Å². The van der Waals surface area contributed by atoms with Gasteiger partial charge in [-0.15, -0.1) is 0 Å². The van der Waals surface area contributed by atoms with Crippen molar-refractivity contribution in [1.29, 1.82) is 0 Å². The molecule has 12 heteroatoms. The average molecular weight is 655 g/mol. The number of benzene rings is 3. The van der Waals surface area contributed by atoms with Crippen LogP contribution in [0.25, 0.3) is 0 Å². The van der Waals surface area contributed by atoms with Gasteiger partial charge in [-0.05, 0) is 86.0 Å². The van der Waals surface area contributed by atoms with E-state index in [1.54, 1.807) is 25.1 Å². The summed E-state index contributed by atoms with van der Waals surface area (Å²) in [5, 5.41) is 4.08. The number of rotatable bonds is 13. The maximum absolute atomic E-state index is 14.1. The molecule has 3 aromatic rings. The predicted octanol–water partition coefficient (Wildman–Crippen LogP) is 6.57. The first kappa shape index (κ1) is 33.5. The van der Waals surface area contributed by atoms with Gasteiger partial charge in [0.1, 0.15) is 18.3 Å². The van der Waals surface area contributed by atoms with Crippen LogP contribution in [0.15, 0.2) is 71.6 Å². The number of amides is 2. The maximum Gasteiger partial charge on any atom is 0.264 e. The molecule has 8 nitrogen and oxygen atoms in total. The molecule has 0 aliphatic carbocycles. The highest BCUT2D eigenvalue weighted by Gasteiger charge is 2.34. The summed E-state index contributed by atoms with van der Waals surface area (Å²) >= 11 is 18.6. The highest BCUT2D eigenvalue weighted by molar-refractivity contribution is 7.92. The molecule has 0 radical (unpaired) electrons. The van der Waals surface area contributed by atoms with Gasteiger partial charge in [-0.2, -0.15) is 0 Å². The van der Waals surface area contributed by atoms with E-state index >= 15 is 0 Å². The molecule has 0 heterocycles. The summed E-state index contributed by atoms with van der Waals surface area (Å²) in [7, 11) is -2.76. The van der Waals surface area contributed by atoms with Crippen molar-refractivity contribution in [3.63, 3.8) is 0 Å². The average Bonchev–Trinajstić information content (AvgIpc) is 2.97. The number of hydrogen-bond acceptors (Lipinski definition) is 5. The first-order valence-corrected chi connectivity index (χ1v) is 15.9. The monoisotopic (exact) mass is 653 g/mol. The summed E-state index contributed by atoms with van der Waals surface area (Å²) in [6.07, 6.45) is 0.981. The number of anilines is 1. The summed E-state index contributed by atoms with van der Waals surface area (Å²) in [6, 6.07) is 15.8. The van der Waals surface area contributed by atoms with E-state index in [1.165, 1.54) is 60.5 Å². The molecule has 3 rings (SSSR count). The molecular formula is C30H34Cl3N3O5S. The van der Waals surface area contributed by atoms with Crippen LogP contribution in [0.1, 0.15) is 39.2 Å². The number of nitrogens with one attached hydrogen (secondary N) is 1. The van der Waals surface area contributed by atoms with Crippen LogP contribution >= 0.6 is 34.8 Å². The summed E-state index contributed by atoms with van der Waals surface area (Å²) in [5.74, 6) is -0.465. The molecule has 42 heavy (non-hydrogen) atoms. The van der Waals surface area contributed by atoms with Gasteiger partial charge in [0, 0.05) is 27.7 Å². The van der Waals surface area contributed by atoms with Crippen LogP contribution in [0.5, 0.6) is 5.75 Å². The zero-order chi connectivity index (χ0) is 31.0. The number of hydrogen-bond donors (Lipinski definition) is 1. The predicted molar refractivity (Wildman–Crippen MR) is 168 cm³/mol. The zero-order valence-corrected chi connectivity index (χ0v) is 26.9. The number of carbonyl (C=O) groups excluding carboxylic acids is 2. The Kier molecular flexibility index (Phi) is 11.9. The lowest BCUT2D eigenvalue weighted by Gasteiger charge is -2.34. The Morgan fingerprint density at radius 3 is 2.07 bits per heavy atom. The highest BCUT2D eigenvalue weighted by Crippen LogP contribution is 2.28. The summed E-state index contributed by atoms with van der Waals surface area (Å²) < 4.78 is 34.1. The molecule has 0 aliphatic heterocycles. The van der Waals surface area contributed by atoms with E-state index in [2.05, 4.69) is 5.32 Å². The minimum Gasteiger partial charge on any atom is -0.497 e. The zero-order valence-electron chi connectivity index (χ0n) is 23.8. The molecule has 0 fully saturated rings. The molecule has 1 N–H and O–H groups in total. The van der Waals surface area contributed by atoms with E-state index in [9.17, 15) is 18.0 Å². The Morgan fingerprint density at radius 1 is 0.905 bits per heavy atom. The van der Waals surface area contributed by atoms with Crippen LogP contribution in [0.2, 0.25) is 15.1 Å². The Labute approximate surface area is 262 Å². The second-order valence-corrected chi connectivity index (χ2v) is 12.8. The Morgan fingerprint density at radius 2 is 1.52 bits per heavy atom. The number of nitrogens with zero attached hydrogens (tertiary/aromatic N) is 2. The van der Waals surface area contributed by atoms with Gasteiger partial charge in [-0.1, -0.05) is 54.7 Å². The normalized spacial score (nSPS) is 12.7. The van der Waals surface area contributed by atoms with E-state index in [1.807, 2.05) is 13.8 Å². The Balaban J connectivity index is 2.08. The molecule has 0 aliphatic rings. The van der Waals surface area contributed by atoms with Gasteiger partial charge in [-0.3, -0.25) is 13.9 Å². The highest BCUT2D eigenvalue weighted by atomic mass is 35.5. The fraction of sp³-hybridized carbons (Fsp3) is 0.333. The van der Waals surface area contributed by atoms with E-state index < -0.39 is 28.5 Å². The summed E-state index contributed by atoms with van der Waals surface area (Å²) in [4.78, 5) is 28.8. The lowest BCUT2D eigenvalue weighted by atomic mass is 10.1. The van der Waals surface area contributed by atoms with Gasteiger partial charge in [0.15, 0.2) is 0 Å². The third-order valence-electron chi connectivity index (χ3n) is 6.78. The van der Waals surface area contributed by atoms with Crippen molar-refractivity contribution in [2.45, 2.75) is 57.1 Å². The van der Waals surface area contributed by atoms with Crippen LogP contribution < -0.4 is 14.4 Å². The molecule has 0 unspecified atom stereocenters. The maximum atomic E-state index is 14.1. The number of methoxy groups -OCH3 is 1. The second kappa shape index (κ2) is 15.0. The summed E-state index contributed by atoms with van der Waals surface area (Å²) in [5.41, 5.74) is 0.783. The molecule has 0 saturated heterocycles. The molecule has 2 amide bonds. The minimum atomic E-state index is -4.24. The Hall–Kier alpha value is -2.98. The van der Waals surface area contributed by atoms with Crippen molar-refractivity contribution >= 4 is 62.3 Å². The molecule has 0 saturated carbocycles. The van der Waals surface area contributed by atoms with Crippen molar-refractivity contribution in [3.8, 4) is 5.75 Å². The van der Waals surface area contributed by atoms with Crippen LogP contribution in [0.4, 0.5) is 5.69 Å². The summed E-state index contributed by atoms with van der Waals surface area (Å²) in [6.45, 7) is 4.97. The van der Waals surface area contributed by atoms with Crippen molar-refractivity contribution < 1.29 is 22.7 Å². The SMILES string of the molecule is CC[C@@H](C)NC(=O)[C@H](CC)N(Cc1ccc(Cl)cc1Cl)C(=O)CN(c1ccc(Cl)cc1)S(=O)(=O)c1ccc(OC)cc1. The second-order valence-electron chi connectivity index (χ2n) is 9.66. The Bertz CT molecular complexity index is 1490. The number of sulfonamides is 1. The van der Waals surface area contributed by atoms with Crippen LogP contribution in [-0.2, 0) is 26.2 Å². The molecular weight excluding hydrogens is 621 g/mol. The topological polar surface area (TPSA) is 96.0 Å². The van der Waals surface area contributed by atoms with Crippen LogP contribution in [0, 0.1) is 0 Å². The van der Waals surface area contributed by atoms with Crippen molar-refractivity contribution in [2.24, 2.45) is 0 Å². The molecule has 0 spiro atoms. The fourth-order valence-electron chi connectivity index (χ4n) is 4.21. The van der Waals surface area contributed by atoms with Gasteiger partial charge in [0.2, 0.25) is 11.8 Å². The van der Waals surface area contributed by atoms with Gasteiger partial charge in [0.25, 0.3) is 10.0 Å². The molecule has 0 bridgehead atoms. The quantitative estimate of drug-likeness (QED) is 0.225. The third kappa shape index (κ3) is 8.31. The van der Waals surface area contributed by atoms with E-state index in [4.69, 9.17) is 39.5 Å². The molecule has 0 aromatic heterocycles. The van der Waals surface area contributed by atoms with Crippen LogP contribution in [0.3, 0.4) is 0 Å². The lowest BCUT2D eigenvalue weighted by molar-refractivity contribution is -0.140. The van der Waals surface area contributed by atoms with E-state index in [-0.39, 0.29) is 35.5 Å². The first-order valence-electron chi connectivity index (χ1n) is 13.4. The van der Waals surface area contributed by atoms with Gasteiger partial charge in [0.05, 0.1) is 17.7 Å².